The van der Waals surface area contributed by atoms with Crippen molar-refractivity contribution in [1.29, 1.82) is 0 Å². The third kappa shape index (κ3) is 2.61. The van der Waals surface area contributed by atoms with E-state index in [4.69, 9.17) is 16.0 Å². The van der Waals surface area contributed by atoms with Gasteiger partial charge in [0.05, 0.1) is 25.5 Å². The summed E-state index contributed by atoms with van der Waals surface area (Å²) >= 11 is 0. The van der Waals surface area contributed by atoms with Gasteiger partial charge in [-0.1, -0.05) is 12.9 Å². The molecule has 6 heteroatoms. The summed E-state index contributed by atoms with van der Waals surface area (Å²) in [6.07, 6.45) is 0. The minimum atomic E-state index is -0.287. The Bertz CT molecular complexity index is 727. The van der Waals surface area contributed by atoms with E-state index in [9.17, 15) is 5.11 Å². The van der Waals surface area contributed by atoms with Crippen LogP contribution in [0.15, 0.2) is 30.3 Å². The quantitative estimate of drug-likeness (QED) is 0.692. The summed E-state index contributed by atoms with van der Waals surface area (Å²) in [4.78, 5) is 7.45. The third-order valence-electron chi connectivity index (χ3n) is 3.46. The molecule has 104 valence electrons. The number of hydrogen-bond acceptors (Lipinski definition) is 4. The van der Waals surface area contributed by atoms with E-state index < -0.39 is 0 Å². The zero-order valence-electron chi connectivity index (χ0n) is 11.5. The van der Waals surface area contributed by atoms with Crippen LogP contribution in [0.1, 0.15) is 11.3 Å². The number of pyridine rings is 1. The zero-order chi connectivity index (χ0) is 14.8. The van der Waals surface area contributed by atoms with E-state index in [2.05, 4.69) is 9.83 Å². The highest BCUT2D eigenvalue weighted by molar-refractivity contribution is 6.67. The van der Waals surface area contributed by atoms with E-state index in [1.807, 2.05) is 25.0 Å². The summed E-state index contributed by atoms with van der Waals surface area (Å²) in [5, 5.41) is 9.22. The Morgan fingerprint density at radius 2 is 2.29 bits per heavy atom. The molecular weight excluding hydrogens is 267 g/mol. The van der Waals surface area contributed by atoms with Gasteiger partial charge in [-0.25, -0.2) is 9.83 Å². The molecule has 0 bridgehead atoms. The number of aromatic nitrogens is 1. The Kier molecular flexibility index (Phi) is 3.61. The fourth-order valence-corrected chi connectivity index (χ4v) is 2.34. The largest absolute Gasteiger partial charge is 0.439 e. The number of hydrogen-bond donors (Lipinski definition) is 1. The van der Waals surface area contributed by atoms with Crippen LogP contribution in [0.4, 0.5) is 5.69 Å². The lowest BCUT2D eigenvalue weighted by molar-refractivity contribution is 0.276. The van der Waals surface area contributed by atoms with Crippen LogP contribution in [-0.2, 0) is 17.9 Å². The van der Waals surface area contributed by atoms with Gasteiger partial charge in [0.2, 0.25) is 11.6 Å². The van der Waals surface area contributed by atoms with Gasteiger partial charge in [-0.2, -0.15) is 0 Å². The first-order valence-corrected chi connectivity index (χ1v) is 6.62. The molecule has 0 aliphatic carbocycles. The maximum Gasteiger partial charge on any atom is 0.324 e. The number of rotatable bonds is 3. The average Bonchev–Trinajstić information content (AvgIpc) is 2.88. The van der Waals surface area contributed by atoms with E-state index in [0.717, 1.165) is 5.56 Å². The Labute approximate surface area is 123 Å². The number of benzene rings is 1. The van der Waals surface area contributed by atoms with Crippen LogP contribution in [0.2, 0.25) is 6.82 Å². The second kappa shape index (κ2) is 5.56. The standard InChI is InChI=1S/C15H13BN2O3/c1-16-12-4-3-11(7-10(12)9-20-16)21-15-6-5-13(17-2)14(8-19)18-15/h3-7,19H,8-9H2,1H3. The van der Waals surface area contributed by atoms with Crippen LogP contribution < -0.4 is 10.2 Å². The molecule has 0 spiro atoms. The summed E-state index contributed by atoms with van der Waals surface area (Å²) < 4.78 is 11.3. The average molecular weight is 280 g/mol. The van der Waals surface area contributed by atoms with Crippen molar-refractivity contribution in [3.05, 3.63) is 53.0 Å². The predicted molar refractivity (Wildman–Crippen MR) is 79.0 cm³/mol. The van der Waals surface area contributed by atoms with Gasteiger partial charge in [-0.05, 0) is 35.3 Å². The number of aliphatic hydroxyl groups is 1. The van der Waals surface area contributed by atoms with Gasteiger partial charge < -0.3 is 14.5 Å². The van der Waals surface area contributed by atoms with E-state index in [0.29, 0.717) is 29.6 Å². The molecule has 1 aromatic carbocycles. The zero-order valence-corrected chi connectivity index (χ0v) is 11.5. The molecule has 0 atom stereocenters. The number of fused-ring (bicyclic) bond motifs is 1. The second-order valence-corrected chi connectivity index (χ2v) is 4.80. The molecule has 21 heavy (non-hydrogen) atoms. The van der Waals surface area contributed by atoms with E-state index in [1.165, 1.54) is 5.46 Å². The van der Waals surface area contributed by atoms with Crippen molar-refractivity contribution < 1.29 is 14.5 Å². The molecule has 1 aliphatic heterocycles. The van der Waals surface area contributed by atoms with Crippen LogP contribution in [0.5, 0.6) is 11.6 Å². The third-order valence-corrected chi connectivity index (χ3v) is 3.46. The molecule has 2 aromatic rings. The van der Waals surface area contributed by atoms with Crippen LogP contribution >= 0.6 is 0 Å². The van der Waals surface area contributed by atoms with Crippen LogP contribution in [0.3, 0.4) is 0 Å². The summed E-state index contributed by atoms with van der Waals surface area (Å²) in [5.74, 6) is 1.02. The van der Waals surface area contributed by atoms with Crippen LogP contribution in [-0.4, -0.2) is 17.0 Å². The second-order valence-electron chi connectivity index (χ2n) is 4.80. The molecule has 2 heterocycles. The maximum absolute atomic E-state index is 9.22. The first-order chi connectivity index (χ1) is 10.2. The van der Waals surface area contributed by atoms with E-state index in [-0.39, 0.29) is 13.5 Å². The Balaban J connectivity index is 1.86. The van der Waals surface area contributed by atoms with E-state index in [1.54, 1.807) is 12.1 Å². The monoisotopic (exact) mass is 280 g/mol. The number of nitrogens with zero attached hydrogens (tertiary/aromatic N) is 2. The lowest BCUT2D eigenvalue weighted by Crippen LogP contribution is -2.23. The minimum Gasteiger partial charge on any atom is -0.439 e. The van der Waals surface area contributed by atoms with Crippen molar-refractivity contribution in [3.63, 3.8) is 0 Å². The van der Waals surface area contributed by atoms with Crippen molar-refractivity contribution >= 4 is 18.1 Å². The molecule has 0 saturated carbocycles. The predicted octanol–water partition coefficient (Wildman–Crippen LogP) is 2.28. The first kappa shape index (κ1) is 13.6. The molecule has 0 amide bonds. The lowest BCUT2D eigenvalue weighted by atomic mass is 9.64. The highest BCUT2D eigenvalue weighted by atomic mass is 16.5. The Morgan fingerprint density at radius 3 is 3.05 bits per heavy atom. The highest BCUT2D eigenvalue weighted by Gasteiger charge is 2.23. The normalized spacial score (nSPS) is 12.9. The number of aliphatic hydroxyl groups excluding tert-OH is 1. The maximum atomic E-state index is 9.22. The van der Waals surface area contributed by atoms with Gasteiger partial charge >= 0.3 is 6.92 Å². The van der Waals surface area contributed by atoms with Crippen molar-refractivity contribution in [3.8, 4) is 11.6 Å². The highest BCUT2D eigenvalue weighted by Crippen LogP contribution is 2.26. The van der Waals surface area contributed by atoms with E-state index >= 15 is 0 Å². The van der Waals surface area contributed by atoms with Crippen molar-refractivity contribution in [2.24, 2.45) is 0 Å². The molecule has 3 rings (SSSR count). The molecule has 0 radical (unpaired) electrons. The number of ether oxygens (including phenoxy) is 1. The van der Waals surface area contributed by atoms with Gasteiger partial charge in [-0.3, -0.25) is 0 Å². The topological polar surface area (TPSA) is 55.9 Å². The molecule has 0 unspecified atom stereocenters. The molecule has 1 N–H and O–H groups in total. The summed E-state index contributed by atoms with van der Waals surface area (Å²) in [6.45, 7) is 9.43. The molecule has 0 saturated heterocycles. The SMILES string of the molecule is [C-]#[N+]c1ccc(Oc2ccc3c(c2)COB3C)nc1CO. The summed E-state index contributed by atoms with van der Waals surface area (Å²) in [7, 11) is 0. The molecule has 1 aliphatic rings. The first-order valence-electron chi connectivity index (χ1n) is 6.62. The molecular formula is C15H13BN2O3. The Morgan fingerprint density at radius 1 is 1.43 bits per heavy atom. The Hall–Kier alpha value is -2.36. The fraction of sp³-hybridized carbons (Fsp3) is 0.200. The lowest BCUT2D eigenvalue weighted by Gasteiger charge is -2.08. The van der Waals surface area contributed by atoms with Crippen molar-refractivity contribution in [1.82, 2.24) is 4.98 Å². The van der Waals surface area contributed by atoms with Gasteiger partial charge in [0.1, 0.15) is 5.75 Å². The molecule has 1 aromatic heterocycles. The minimum absolute atomic E-state index is 0.117. The molecule has 5 nitrogen and oxygen atoms in total. The van der Waals surface area contributed by atoms with Crippen molar-refractivity contribution in [2.75, 3.05) is 0 Å². The van der Waals surface area contributed by atoms with Gasteiger partial charge in [-0.15, -0.1) is 0 Å². The molecule has 0 fully saturated rings. The van der Waals surface area contributed by atoms with Crippen LogP contribution in [0, 0.1) is 6.57 Å². The summed E-state index contributed by atoms with van der Waals surface area (Å²) in [6, 6.07) is 9.01. The fourth-order valence-electron chi connectivity index (χ4n) is 2.34. The smallest absolute Gasteiger partial charge is 0.324 e. The summed E-state index contributed by atoms with van der Waals surface area (Å²) in [5.41, 5.74) is 2.94. The van der Waals surface area contributed by atoms with Gasteiger partial charge in [0.15, 0.2) is 0 Å². The van der Waals surface area contributed by atoms with Gasteiger partial charge in [0.25, 0.3) is 0 Å². The van der Waals surface area contributed by atoms with Crippen molar-refractivity contribution in [2.45, 2.75) is 20.0 Å². The van der Waals surface area contributed by atoms with Crippen LogP contribution in [0.25, 0.3) is 4.85 Å². The van der Waals surface area contributed by atoms with Gasteiger partial charge in [0, 0.05) is 0 Å².